The molecule has 1 aromatic heterocycles. The fourth-order valence-electron chi connectivity index (χ4n) is 4.58. The first kappa shape index (κ1) is 27.1. The van der Waals surface area contributed by atoms with Crippen molar-refractivity contribution in [3.05, 3.63) is 97.6 Å². The van der Waals surface area contributed by atoms with Gasteiger partial charge in [-0.15, -0.1) is 0 Å². The van der Waals surface area contributed by atoms with Crippen LogP contribution in [0, 0.1) is 13.8 Å². The number of nitrogens with zero attached hydrogens (tertiary/aromatic N) is 1. The van der Waals surface area contributed by atoms with E-state index in [1.54, 1.807) is 24.3 Å². The molecule has 4 aromatic rings. The zero-order chi connectivity index (χ0) is 26.9. The zero-order valence-corrected chi connectivity index (χ0v) is 22.5. The minimum Gasteiger partial charge on any atom is -0.494 e. The van der Waals surface area contributed by atoms with E-state index in [0.29, 0.717) is 38.1 Å². The Balaban J connectivity index is 1.69. The largest absolute Gasteiger partial charge is 0.494 e. The Labute approximate surface area is 225 Å². The Morgan fingerprint density at radius 2 is 1.76 bits per heavy atom. The van der Waals surface area contributed by atoms with Gasteiger partial charge in [0.2, 0.25) is 0 Å². The van der Waals surface area contributed by atoms with E-state index in [2.05, 4.69) is 15.9 Å². The topological polar surface area (TPSA) is 51.5 Å². The molecule has 0 radical (unpaired) electrons. The summed E-state index contributed by atoms with van der Waals surface area (Å²) >= 11 is 9.63. The van der Waals surface area contributed by atoms with Gasteiger partial charge in [-0.25, -0.2) is 4.79 Å². The molecule has 0 atom stereocenters. The fourth-order valence-corrected chi connectivity index (χ4v) is 5.27. The average molecular weight is 595 g/mol. The number of benzene rings is 3. The van der Waals surface area contributed by atoms with E-state index in [1.807, 2.05) is 26.0 Å². The second-order valence-corrected chi connectivity index (χ2v) is 10.1. The Morgan fingerprint density at radius 1 is 1.08 bits per heavy atom. The SMILES string of the molecule is Cc1cc(OCCCc2c(C(F)(F)F)n(Cc3cccc(C(=O)O)c3)c3c(Br)cccc23)cc(C)c1Cl. The number of aromatic carboxylic acids is 1. The molecule has 1 heterocycles. The molecular formula is C28H24BrClF3NO3. The predicted molar refractivity (Wildman–Crippen MR) is 142 cm³/mol. The van der Waals surface area contributed by atoms with Crippen molar-refractivity contribution in [2.24, 2.45) is 0 Å². The first-order valence-corrected chi connectivity index (χ1v) is 12.7. The molecule has 0 aliphatic heterocycles. The summed E-state index contributed by atoms with van der Waals surface area (Å²) in [6.45, 7) is 3.85. The number of alkyl halides is 3. The number of halogens is 5. The molecule has 0 aliphatic rings. The molecule has 194 valence electrons. The van der Waals surface area contributed by atoms with Crippen molar-refractivity contribution in [3.8, 4) is 5.75 Å². The molecule has 0 bridgehead atoms. The minimum absolute atomic E-state index is 0.0200. The van der Waals surface area contributed by atoms with Crippen molar-refractivity contribution in [2.75, 3.05) is 6.61 Å². The number of rotatable bonds is 8. The highest BCUT2D eigenvalue weighted by Gasteiger charge is 2.39. The molecule has 0 spiro atoms. The molecule has 9 heteroatoms. The lowest BCUT2D eigenvalue weighted by molar-refractivity contribution is -0.143. The Kier molecular flexibility index (Phi) is 7.90. The van der Waals surface area contributed by atoms with Crippen LogP contribution >= 0.6 is 27.5 Å². The Morgan fingerprint density at radius 3 is 2.41 bits per heavy atom. The monoisotopic (exact) mass is 593 g/mol. The van der Waals surface area contributed by atoms with Crippen LogP contribution in [-0.2, 0) is 19.1 Å². The Bertz CT molecular complexity index is 1460. The highest BCUT2D eigenvalue weighted by Crippen LogP contribution is 2.41. The number of fused-ring (bicyclic) bond motifs is 1. The van der Waals surface area contributed by atoms with E-state index in [4.69, 9.17) is 16.3 Å². The molecule has 0 saturated carbocycles. The third-order valence-electron chi connectivity index (χ3n) is 6.17. The molecule has 0 aliphatic carbocycles. The quantitative estimate of drug-likeness (QED) is 0.208. The van der Waals surface area contributed by atoms with Crippen LogP contribution in [0.1, 0.15) is 44.7 Å². The van der Waals surface area contributed by atoms with Crippen molar-refractivity contribution in [2.45, 2.75) is 39.4 Å². The van der Waals surface area contributed by atoms with E-state index < -0.39 is 17.8 Å². The molecule has 0 amide bonds. The van der Waals surface area contributed by atoms with E-state index in [-0.39, 0.29) is 30.7 Å². The lowest BCUT2D eigenvalue weighted by Crippen LogP contribution is -2.17. The number of hydrogen-bond donors (Lipinski definition) is 1. The number of para-hydroxylation sites is 1. The van der Waals surface area contributed by atoms with Crippen LogP contribution in [0.3, 0.4) is 0 Å². The van der Waals surface area contributed by atoms with Crippen LogP contribution in [0.25, 0.3) is 10.9 Å². The second kappa shape index (κ2) is 10.8. The Hall–Kier alpha value is -2.97. The fraction of sp³-hybridized carbons (Fsp3) is 0.250. The smallest absolute Gasteiger partial charge is 0.431 e. The average Bonchev–Trinajstić information content (AvgIpc) is 3.15. The lowest BCUT2D eigenvalue weighted by Gasteiger charge is -2.16. The number of aryl methyl sites for hydroxylation is 3. The minimum atomic E-state index is -4.62. The van der Waals surface area contributed by atoms with Gasteiger partial charge >= 0.3 is 12.1 Å². The van der Waals surface area contributed by atoms with Gasteiger partial charge in [-0.3, -0.25) is 0 Å². The van der Waals surface area contributed by atoms with Crippen LogP contribution < -0.4 is 4.74 Å². The summed E-state index contributed by atoms with van der Waals surface area (Å²) in [6.07, 6.45) is -4.11. The van der Waals surface area contributed by atoms with Crippen LogP contribution in [0.4, 0.5) is 13.2 Å². The van der Waals surface area contributed by atoms with Crippen molar-refractivity contribution in [3.63, 3.8) is 0 Å². The van der Waals surface area contributed by atoms with Crippen molar-refractivity contribution in [1.82, 2.24) is 4.57 Å². The van der Waals surface area contributed by atoms with Gasteiger partial charge < -0.3 is 14.4 Å². The number of carboxylic acids is 1. The third-order valence-corrected chi connectivity index (χ3v) is 7.41. The lowest BCUT2D eigenvalue weighted by atomic mass is 10.1. The molecule has 0 fully saturated rings. The van der Waals surface area contributed by atoms with E-state index in [1.165, 1.54) is 22.8 Å². The van der Waals surface area contributed by atoms with Crippen LogP contribution in [0.5, 0.6) is 5.75 Å². The maximum absolute atomic E-state index is 14.5. The van der Waals surface area contributed by atoms with Crippen LogP contribution in [0.2, 0.25) is 5.02 Å². The van der Waals surface area contributed by atoms with Crippen molar-refractivity contribution >= 4 is 44.4 Å². The standard InChI is InChI=1S/C28H24BrClF3NO3/c1-16-12-20(13-17(2)24(16)30)37-11-5-9-22-21-8-4-10-23(29)25(21)34(26(22)28(31,32)33)15-18-6-3-7-19(14-18)27(35)36/h3-4,6-8,10,12-14H,5,9,11,15H2,1-2H3,(H,35,36). The summed E-state index contributed by atoms with van der Waals surface area (Å²) < 4.78 is 51.1. The number of hydrogen-bond acceptors (Lipinski definition) is 2. The van der Waals surface area contributed by atoms with Gasteiger partial charge in [-0.2, -0.15) is 13.2 Å². The molecule has 1 N–H and O–H groups in total. The molecule has 4 rings (SSSR count). The first-order valence-electron chi connectivity index (χ1n) is 11.6. The predicted octanol–water partition coefficient (Wildman–Crippen LogP) is 8.45. The first-order chi connectivity index (χ1) is 17.5. The summed E-state index contributed by atoms with van der Waals surface area (Å²) in [7, 11) is 0. The highest BCUT2D eigenvalue weighted by atomic mass is 79.9. The number of aromatic nitrogens is 1. The number of carboxylic acid groups (broad SMARTS) is 1. The molecule has 37 heavy (non-hydrogen) atoms. The maximum Gasteiger partial charge on any atom is 0.431 e. The van der Waals surface area contributed by atoms with E-state index in [0.717, 1.165) is 11.1 Å². The van der Waals surface area contributed by atoms with Crippen LogP contribution in [0.15, 0.2) is 59.1 Å². The van der Waals surface area contributed by atoms with E-state index >= 15 is 0 Å². The number of ether oxygens (including phenoxy) is 1. The van der Waals surface area contributed by atoms with Gasteiger partial charge in [0.1, 0.15) is 11.4 Å². The van der Waals surface area contributed by atoms with Gasteiger partial charge in [0.15, 0.2) is 0 Å². The molecule has 3 aromatic carbocycles. The summed E-state index contributed by atoms with van der Waals surface area (Å²) in [5.74, 6) is -0.512. The highest BCUT2D eigenvalue weighted by molar-refractivity contribution is 9.10. The number of carbonyl (C=O) groups is 1. The molecule has 4 nitrogen and oxygen atoms in total. The van der Waals surface area contributed by atoms with Gasteiger partial charge in [0.05, 0.1) is 17.7 Å². The zero-order valence-electron chi connectivity index (χ0n) is 20.1. The summed E-state index contributed by atoms with van der Waals surface area (Å²) in [5, 5.41) is 10.5. The normalized spacial score (nSPS) is 11.8. The van der Waals surface area contributed by atoms with Crippen LogP contribution in [-0.4, -0.2) is 22.2 Å². The maximum atomic E-state index is 14.5. The van der Waals surface area contributed by atoms with Gasteiger partial charge in [0.25, 0.3) is 0 Å². The molecular weight excluding hydrogens is 571 g/mol. The van der Waals surface area contributed by atoms with E-state index in [9.17, 15) is 23.1 Å². The summed E-state index contributed by atoms with van der Waals surface area (Å²) in [4.78, 5) is 11.4. The molecule has 0 saturated heterocycles. The summed E-state index contributed by atoms with van der Waals surface area (Å²) in [5.41, 5.74) is 2.08. The van der Waals surface area contributed by atoms with Gasteiger partial charge in [-0.05, 0) is 95.2 Å². The summed E-state index contributed by atoms with van der Waals surface area (Å²) in [6, 6.07) is 14.7. The second-order valence-electron chi connectivity index (χ2n) is 8.88. The van der Waals surface area contributed by atoms with Crippen molar-refractivity contribution in [1.29, 1.82) is 0 Å². The van der Waals surface area contributed by atoms with Crippen molar-refractivity contribution < 1.29 is 27.8 Å². The third kappa shape index (κ3) is 5.80. The molecule has 0 unspecified atom stereocenters. The van der Waals surface area contributed by atoms with Gasteiger partial charge in [-0.1, -0.05) is 35.9 Å². The van der Waals surface area contributed by atoms with Gasteiger partial charge in [0, 0.05) is 21.4 Å².